The van der Waals surface area contributed by atoms with Gasteiger partial charge < -0.3 is 25.7 Å². The van der Waals surface area contributed by atoms with Gasteiger partial charge in [-0.2, -0.15) is 0 Å². The van der Waals surface area contributed by atoms with Crippen molar-refractivity contribution in [3.63, 3.8) is 0 Å². The molecule has 4 unspecified atom stereocenters. The van der Waals surface area contributed by atoms with Gasteiger partial charge in [0, 0.05) is 0 Å². The number of nitrogens with one attached hydrogen (secondary N) is 1. The third kappa shape index (κ3) is 36.7. The molecule has 0 bridgehead atoms. The van der Waals surface area contributed by atoms with Crippen molar-refractivity contribution >= 4 is 5.91 Å². The lowest BCUT2D eigenvalue weighted by Gasteiger charge is -2.27. The fourth-order valence-corrected chi connectivity index (χ4v) is 7.64. The topological polar surface area (TPSA) is 110 Å². The first-order valence-corrected chi connectivity index (χ1v) is 24.1. The molecule has 1 amide bonds. The van der Waals surface area contributed by atoms with Crippen molar-refractivity contribution in [1.29, 1.82) is 0 Å². The molecular weight excluding hydrogens is 671 g/mol. The number of aliphatic hydroxyl groups is 4. The van der Waals surface area contributed by atoms with Crippen LogP contribution < -0.4 is 5.32 Å². The van der Waals surface area contributed by atoms with Crippen molar-refractivity contribution in [1.82, 2.24) is 5.32 Å². The number of allylic oxidation sites excluding steroid dienone is 2. The highest BCUT2D eigenvalue weighted by Gasteiger charge is 2.28. The van der Waals surface area contributed by atoms with Crippen LogP contribution in [0.5, 0.6) is 0 Å². The quantitative estimate of drug-likeness (QED) is 0.0313. The van der Waals surface area contributed by atoms with Crippen molar-refractivity contribution in [2.75, 3.05) is 6.61 Å². The van der Waals surface area contributed by atoms with Gasteiger partial charge in [-0.05, 0) is 38.5 Å². The van der Waals surface area contributed by atoms with E-state index < -0.39 is 36.9 Å². The highest BCUT2D eigenvalue weighted by Crippen LogP contribution is 2.17. The number of rotatable bonds is 44. The number of aliphatic hydroxyl groups excluding tert-OH is 4. The summed E-state index contributed by atoms with van der Waals surface area (Å²) in [5, 5.41) is 43.4. The Hall–Kier alpha value is -0.950. The number of carbonyl (C=O) groups is 1. The molecule has 5 N–H and O–H groups in total. The average molecular weight is 766 g/mol. The first-order valence-electron chi connectivity index (χ1n) is 24.1. The maximum atomic E-state index is 12.5. The van der Waals surface area contributed by atoms with Gasteiger partial charge in [-0.25, -0.2) is 0 Å². The van der Waals surface area contributed by atoms with Gasteiger partial charge in [0.2, 0.25) is 5.91 Å². The van der Waals surface area contributed by atoms with Crippen LogP contribution in [0.15, 0.2) is 12.2 Å². The average Bonchev–Trinajstić information content (AvgIpc) is 3.18. The zero-order chi connectivity index (χ0) is 39.6. The maximum Gasteiger partial charge on any atom is 0.249 e. The number of carbonyl (C=O) groups excluding carboxylic acids is 1. The van der Waals surface area contributed by atoms with Crippen molar-refractivity contribution in [2.45, 2.75) is 282 Å². The van der Waals surface area contributed by atoms with E-state index in [4.69, 9.17) is 0 Å². The molecule has 0 spiro atoms. The van der Waals surface area contributed by atoms with Gasteiger partial charge in [-0.3, -0.25) is 4.79 Å². The van der Waals surface area contributed by atoms with Crippen molar-refractivity contribution in [3.05, 3.63) is 12.2 Å². The second-order valence-electron chi connectivity index (χ2n) is 16.8. The van der Waals surface area contributed by atoms with Crippen LogP contribution in [0.1, 0.15) is 258 Å². The Morgan fingerprint density at radius 1 is 0.444 bits per heavy atom. The van der Waals surface area contributed by atoms with E-state index in [0.717, 1.165) is 38.5 Å². The zero-order valence-corrected chi connectivity index (χ0v) is 36.2. The lowest BCUT2D eigenvalue weighted by molar-refractivity contribution is -0.132. The summed E-state index contributed by atoms with van der Waals surface area (Å²) < 4.78 is 0. The standard InChI is InChI=1S/C48H95NO5/c1-3-5-7-9-11-12-13-14-15-16-17-18-19-20-21-22-23-24-25-26-27-28-29-30-31-32-33-34-36-38-40-42-46(52)48(54)49-44(43-50)47(53)45(51)41-39-37-35-10-8-6-4-2/h20-21,44-47,50-53H,3-19,22-43H2,1-2H3,(H,49,54)/b21-20-. The second-order valence-corrected chi connectivity index (χ2v) is 16.8. The van der Waals surface area contributed by atoms with Crippen molar-refractivity contribution in [2.24, 2.45) is 0 Å². The molecule has 54 heavy (non-hydrogen) atoms. The third-order valence-corrected chi connectivity index (χ3v) is 11.5. The molecule has 0 rings (SSSR count). The maximum absolute atomic E-state index is 12.5. The van der Waals surface area contributed by atoms with E-state index in [1.807, 2.05) is 0 Å². The van der Waals surface area contributed by atoms with Crippen LogP contribution in [0.3, 0.4) is 0 Å². The number of hydrogen-bond donors (Lipinski definition) is 5. The molecule has 0 aromatic rings. The van der Waals surface area contributed by atoms with Crippen LogP contribution in [0.4, 0.5) is 0 Å². The summed E-state index contributed by atoms with van der Waals surface area (Å²) in [5.41, 5.74) is 0. The largest absolute Gasteiger partial charge is 0.394 e. The van der Waals surface area contributed by atoms with E-state index in [9.17, 15) is 25.2 Å². The fourth-order valence-electron chi connectivity index (χ4n) is 7.64. The van der Waals surface area contributed by atoms with Crippen molar-refractivity contribution < 1.29 is 25.2 Å². The lowest BCUT2D eigenvalue weighted by Crippen LogP contribution is -2.53. The number of amides is 1. The smallest absolute Gasteiger partial charge is 0.249 e. The zero-order valence-electron chi connectivity index (χ0n) is 36.2. The molecule has 4 atom stereocenters. The summed E-state index contributed by atoms with van der Waals surface area (Å²) in [6.07, 6.45) is 48.7. The molecular formula is C48H95NO5. The normalized spacial score (nSPS) is 14.1. The van der Waals surface area contributed by atoms with Crippen LogP contribution in [0.25, 0.3) is 0 Å². The minimum Gasteiger partial charge on any atom is -0.394 e. The summed E-state index contributed by atoms with van der Waals surface area (Å²) in [6.45, 7) is 4.01. The summed E-state index contributed by atoms with van der Waals surface area (Å²) in [6, 6.07) is -0.979. The van der Waals surface area contributed by atoms with E-state index >= 15 is 0 Å². The van der Waals surface area contributed by atoms with Crippen LogP contribution >= 0.6 is 0 Å². The van der Waals surface area contributed by atoms with E-state index in [-0.39, 0.29) is 0 Å². The Labute approximate surface area is 336 Å². The first kappa shape index (κ1) is 53.0. The lowest BCUT2D eigenvalue weighted by atomic mass is 9.99. The first-order chi connectivity index (χ1) is 26.5. The molecule has 0 radical (unpaired) electrons. The molecule has 0 fully saturated rings. The predicted molar refractivity (Wildman–Crippen MR) is 233 cm³/mol. The Balaban J connectivity index is 3.50. The van der Waals surface area contributed by atoms with Gasteiger partial charge in [-0.1, -0.05) is 231 Å². The Kier molecular flexibility index (Phi) is 42.4. The Morgan fingerprint density at radius 3 is 1.07 bits per heavy atom. The van der Waals surface area contributed by atoms with E-state index in [1.165, 1.54) is 193 Å². The van der Waals surface area contributed by atoms with Crippen molar-refractivity contribution in [3.8, 4) is 0 Å². The highest BCUT2D eigenvalue weighted by atomic mass is 16.3. The van der Waals surface area contributed by atoms with Crippen LogP contribution in [0, 0.1) is 0 Å². The van der Waals surface area contributed by atoms with Crippen LogP contribution in [0.2, 0.25) is 0 Å². The summed E-state index contributed by atoms with van der Waals surface area (Å²) in [5.74, 6) is -0.584. The molecule has 6 heteroatoms. The minimum absolute atomic E-state index is 0.372. The number of unbranched alkanes of at least 4 members (excludes halogenated alkanes) is 33. The van der Waals surface area contributed by atoms with E-state index in [1.54, 1.807) is 0 Å². The van der Waals surface area contributed by atoms with Gasteiger partial charge in [0.15, 0.2) is 0 Å². The van der Waals surface area contributed by atoms with Gasteiger partial charge >= 0.3 is 0 Å². The highest BCUT2D eigenvalue weighted by molar-refractivity contribution is 5.80. The van der Waals surface area contributed by atoms with Gasteiger partial charge in [-0.15, -0.1) is 0 Å². The van der Waals surface area contributed by atoms with Gasteiger partial charge in [0.25, 0.3) is 0 Å². The molecule has 0 aliphatic rings. The molecule has 0 aliphatic heterocycles. The fraction of sp³-hybridized carbons (Fsp3) is 0.938. The van der Waals surface area contributed by atoms with Crippen LogP contribution in [-0.2, 0) is 4.79 Å². The molecule has 6 nitrogen and oxygen atoms in total. The van der Waals surface area contributed by atoms with Gasteiger partial charge in [0.05, 0.1) is 18.8 Å². The summed E-state index contributed by atoms with van der Waals surface area (Å²) in [7, 11) is 0. The summed E-state index contributed by atoms with van der Waals surface area (Å²) >= 11 is 0. The molecule has 0 saturated carbocycles. The molecule has 0 aromatic carbocycles. The number of hydrogen-bond acceptors (Lipinski definition) is 5. The van der Waals surface area contributed by atoms with Gasteiger partial charge in [0.1, 0.15) is 12.2 Å². The third-order valence-electron chi connectivity index (χ3n) is 11.5. The predicted octanol–water partition coefficient (Wildman–Crippen LogP) is 13.0. The molecule has 322 valence electrons. The van der Waals surface area contributed by atoms with E-state index in [2.05, 4.69) is 31.3 Å². The molecule has 0 saturated heterocycles. The SMILES string of the molecule is CCCCCCCCCCCCCC/C=C\CCCCCCCCCCCCCCCCCC(O)C(=O)NC(CO)C(O)C(O)CCCCCCCCC. The minimum atomic E-state index is -1.25. The molecule has 0 aromatic heterocycles. The molecule has 0 heterocycles. The second kappa shape index (κ2) is 43.2. The Bertz CT molecular complexity index is 776. The Morgan fingerprint density at radius 2 is 0.741 bits per heavy atom. The van der Waals surface area contributed by atoms with Crippen LogP contribution in [-0.4, -0.2) is 57.3 Å². The van der Waals surface area contributed by atoms with E-state index in [0.29, 0.717) is 12.8 Å². The molecule has 0 aliphatic carbocycles. The summed E-state index contributed by atoms with van der Waals surface area (Å²) in [4.78, 5) is 12.5. The monoisotopic (exact) mass is 766 g/mol.